The number of alkyl halides is 3. The molecule has 0 saturated carbocycles. The standard InChI is InChI=1S/C23H29ClF3N6S/c1-30-21(28)33-22(29)32-16-10-18(23(25,26)27)20(19(24)11-16)15-5-7-17(8-6-15)34(2)13-14-4-3-9-31-12-14/h5-8,10-11,14,31H,3-4,9,12-13H2,1-2H3,(H5,28,29,30,32,33)/q+1. The van der Waals surface area contributed by atoms with Gasteiger partial charge in [-0.3, -0.25) is 4.99 Å². The molecule has 1 fully saturated rings. The Morgan fingerprint density at radius 3 is 2.53 bits per heavy atom. The highest BCUT2D eigenvalue weighted by molar-refractivity contribution is 7.96. The molecule has 184 valence electrons. The van der Waals surface area contributed by atoms with E-state index in [2.05, 4.69) is 26.9 Å². The van der Waals surface area contributed by atoms with Gasteiger partial charge in [0.2, 0.25) is 11.9 Å². The van der Waals surface area contributed by atoms with Crippen molar-refractivity contribution in [3.05, 3.63) is 47.0 Å². The third kappa shape index (κ3) is 6.80. The molecule has 2 aromatic rings. The summed E-state index contributed by atoms with van der Waals surface area (Å²) in [7, 11) is 1.42. The summed E-state index contributed by atoms with van der Waals surface area (Å²) in [5, 5.41) is 5.95. The van der Waals surface area contributed by atoms with Crippen molar-refractivity contribution >= 4 is 40.1 Å². The summed E-state index contributed by atoms with van der Waals surface area (Å²) in [4.78, 5) is 8.49. The van der Waals surface area contributed by atoms with E-state index in [1.165, 1.54) is 26.0 Å². The van der Waals surface area contributed by atoms with Gasteiger partial charge < -0.3 is 22.1 Å². The Hall–Kier alpha value is -2.43. The number of piperidine rings is 1. The number of hydrogen-bond acceptors (Lipinski definition) is 2. The number of guanidine groups is 2. The fraction of sp³-hybridized carbons (Fsp3) is 0.391. The van der Waals surface area contributed by atoms with Crippen molar-refractivity contribution in [3.63, 3.8) is 0 Å². The minimum atomic E-state index is -4.63. The number of anilines is 1. The SMILES string of the molecule is CN=C(N)N=C(N)Nc1cc(Cl)c(-c2ccc([S+](C)CC3CCCNC3)cc2)c(C(F)(F)F)c1. The van der Waals surface area contributed by atoms with E-state index in [1.54, 1.807) is 12.1 Å². The highest BCUT2D eigenvalue weighted by Crippen LogP contribution is 2.43. The van der Waals surface area contributed by atoms with Gasteiger partial charge in [-0.25, -0.2) is 0 Å². The van der Waals surface area contributed by atoms with Crippen molar-refractivity contribution in [1.29, 1.82) is 0 Å². The Kier molecular flexibility index (Phi) is 8.72. The van der Waals surface area contributed by atoms with Crippen LogP contribution in [0.25, 0.3) is 11.1 Å². The quantitative estimate of drug-likeness (QED) is 0.272. The zero-order valence-corrected chi connectivity index (χ0v) is 20.6. The summed E-state index contributed by atoms with van der Waals surface area (Å²) in [6.07, 6.45) is -0.0593. The topological polar surface area (TPSA) is 101 Å². The summed E-state index contributed by atoms with van der Waals surface area (Å²) in [6.45, 7) is 2.09. The van der Waals surface area contributed by atoms with Gasteiger partial charge in [0.05, 0.1) is 10.6 Å². The number of halogens is 4. The van der Waals surface area contributed by atoms with Gasteiger partial charge >= 0.3 is 6.18 Å². The van der Waals surface area contributed by atoms with Crippen LogP contribution in [0.2, 0.25) is 5.02 Å². The van der Waals surface area contributed by atoms with Crippen LogP contribution in [0.5, 0.6) is 0 Å². The smallest absolute Gasteiger partial charge is 0.369 e. The molecule has 3 rings (SSSR count). The number of nitrogens with zero attached hydrogens (tertiary/aromatic N) is 2. The van der Waals surface area contributed by atoms with Crippen molar-refractivity contribution in [1.82, 2.24) is 5.32 Å². The first-order valence-corrected chi connectivity index (χ1v) is 12.9. The third-order valence-corrected chi connectivity index (χ3v) is 7.91. The predicted molar refractivity (Wildman–Crippen MR) is 137 cm³/mol. The van der Waals surface area contributed by atoms with Crippen LogP contribution in [0, 0.1) is 5.92 Å². The van der Waals surface area contributed by atoms with Crippen LogP contribution in [0.3, 0.4) is 0 Å². The number of rotatable bonds is 5. The fourth-order valence-electron chi connectivity index (χ4n) is 3.91. The van der Waals surface area contributed by atoms with Crippen molar-refractivity contribution in [3.8, 4) is 11.1 Å². The van der Waals surface area contributed by atoms with Gasteiger partial charge in [0.25, 0.3) is 0 Å². The van der Waals surface area contributed by atoms with E-state index in [4.69, 9.17) is 23.1 Å². The second-order valence-electron chi connectivity index (χ2n) is 8.12. The van der Waals surface area contributed by atoms with E-state index in [-0.39, 0.29) is 39.1 Å². The molecular formula is C23H29ClF3N6S+. The molecule has 0 radical (unpaired) electrons. The molecule has 0 bridgehead atoms. The van der Waals surface area contributed by atoms with Gasteiger partial charge in [-0.1, -0.05) is 11.6 Å². The van der Waals surface area contributed by atoms with E-state index in [0.717, 1.165) is 29.8 Å². The van der Waals surface area contributed by atoms with Crippen LogP contribution in [-0.2, 0) is 17.1 Å². The molecule has 2 unspecified atom stereocenters. The highest BCUT2D eigenvalue weighted by atomic mass is 35.5. The van der Waals surface area contributed by atoms with Crippen LogP contribution < -0.4 is 22.1 Å². The molecule has 6 nitrogen and oxygen atoms in total. The van der Waals surface area contributed by atoms with Crippen molar-refractivity contribution in [2.45, 2.75) is 23.9 Å². The lowest BCUT2D eigenvalue weighted by molar-refractivity contribution is -0.137. The van der Waals surface area contributed by atoms with E-state index >= 15 is 0 Å². The molecule has 6 N–H and O–H groups in total. The number of nitrogens with two attached hydrogens (primary N) is 2. The van der Waals surface area contributed by atoms with Crippen molar-refractivity contribution in [2.24, 2.45) is 27.4 Å². The van der Waals surface area contributed by atoms with Gasteiger partial charge in [-0.2, -0.15) is 18.2 Å². The Morgan fingerprint density at radius 1 is 1.24 bits per heavy atom. The Morgan fingerprint density at radius 2 is 1.94 bits per heavy atom. The number of aliphatic imine (C=N–C) groups is 2. The lowest BCUT2D eigenvalue weighted by atomic mass is 9.98. The van der Waals surface area contributed by atoms with Crippen LogP contribution >= 0.6 is 11.6 Å². The minimum Gasteiger partial charge on any atom is -0.369 e. The zero-order valence-electron chi connectivity index (χ0n) is 19.0. The Bertz CT molecular complexity index is 1050. The van der Waals surface area contributed by atoms with E-state index in [0.29, 0.717) is 11.5 Å². The molecule has 0 aliphatic carbocycles. The molecule has 0 spiro atoms. The lowest BCUT2D eigenvalue weighted by Gasteiger charge is -2.21. The maximum atomic E-state index is 14.0. The molecule has 0 aromatic heterocycles. The third-order valence-electron chi connectivity index (χ3n) is 5.56. The first kappa shape index (κ1) is 26.2. The van der Waals surface area contributed by atoms with E-state index < -0.39 is 11.7 Å². The second-order valence-corrected chi connectivity index (χ2v) is 10.6. The average molecular weight is 514 g/mol. The maximum Gasteiger partial charge on any atom is 0.417 e. The van der Waals surface area contributed by atoms with Crippen LogP contribution in [0.1, 0.15) is 18.4 Å². The van der Waals surface area contributed by atoms with Gasteiger partial charge in [0.1, 0.15) is 12.0 Å². The molecule has 0 amide bonds. The maximum absolute atomic E-state index is 14.0. The van der Waals surface area contributed by atoms with E-state index in [1.807, 2.05) is 12.1 Å². The molecule has 1 aliphatic rings. The first-order chi connectivity index (χ1) is 16.1. The molecule has 11 heteroatoms. The van der Waals surface area contributed by atoms with E-state index in [9.17, 15) is 13.2 Å². The lowest BCUT2D eigenvalue weighted by Crippen LogP contribution is -2.33. The largest absolute Gasteiger partial charge is 0.417 e. The van der Waals surface area contributed by atoms with Gasteiger partial charge in [-0.05, 0) is 61.3 Å². The van der Waals surface area contributed by atoms with Crippen molar-refractivity contribution < 1.29 is 13.2 Å². The molecule has 2 atom stereocenters. The molecule has 2 aromatic carbocycles. The molecule has 1 saturated heterocycles. The van der Waals surface area contributed by atoms with Crippen LogP contribution in [0.4, 0.5) is 18.9 Å². The number of nitrogens with one attached hydrogen (secondary N) is 2. The molecule has 1 aliphatic heterocycles. The average Bonchev–Trinajstić information content (AvgIpc) is 2.78. The van der Waals surface area contributed by atoms with Crippen molar-refractivity contribution in [2.75, 3.05) is 37.5 Å². The molecule has 1 heterocycles. The zero-order chi connectivity index (χ0) is 24.9. The molecule has 34 heavy (non-hydrogen) atoms. The van der Waals surface area contributed by atoms with Crippen LogP contribution in [0.15, 0.2) is 51.3 Å². The highest BCUT2D eigenvalue weighted by Gasteiger charge is 2.35. The van der Waals surface area contributed by atoms with Gasteiger partial charge in [-0.15, -0.1) is 0 Å². The minimum absolute atomic E-state index is 0.00808. The summed E-state index contributed by atoms with van der Waals surface area (Å²) in [5.74, 6) is 1.38. The first-order valence-electron chi connectivity index (χ1n) is 10.8. The van der Waals surface area contributed by atoms with Crippen LogP contribution in [-0.4, -0.2) is 44.1 Å². The van der Waals surface area contributed by atoms with Gasteiger partial charge in [0.15, 0.2) is 4.90 Å². The monoisotopic (exact) mass is 513 g/mol. The summed E-state index contributed by atoms with van der Waals surface area (Å²) < 4.78 is 41.9. The number of hydrogen-bond donors (Lipinski definition) is 4. The number of benzene rings is 2. The summed E-state index contributed by atoms with van der Waals surface area (Å²) in [5.41, 5.74) is 10.7. The summed E-state index contributed by atoms with van der Waals surface area (Å²) in [6, 6.07) is 9.54. The predicted octanol–water partition coefficient (Wildman–Crippen LogP) is 4.30. The summed E-state index contributed by atoms with van der Waals surface area (Å²) >= 11 is 6.35. The normalized spacial score (nSPS) is 18.6. The Labute approximate surface area is 205 Å². The fourth-order valence-corrected chi connectivity index (χ4v) is 6.03. The second kappa shape index (κ2) is 11.3. The Balaban J connectivity index is 1.88. The van der Waals surface area contributed by atoms with Gasteiger partial charge in [0, 0.05) is 41.7 Å². The molecular weight excluding hydrogens is 485 g/mol.